The minimum atomic E-state index is 0.632. The van der Waals surface area contributed by atoms with Crippen molar-refractivity contribution >= 4 is 17.5 Å². The zero-order valence-corrected chi connectivity index (χ0v) is 14.3. The van der Waals surface area contributed by atoms with Gasteiger partial charge in [0.1, 0.15) is 11.6 Å². The molecule has 2 aromatic rings. The maximum Gasteiger partial charge on any atom is 0.229 e. The molecule has 24 heavy (non-hydrogen) atoms. The second-order valence-electron chi connectivity index (χ2n) is 5.74. The Kier molecular flexibility index (Phi) is 5.48. The molecular formula is C18H24N4O2. The number of hydrogen-bond donors (Lipinski definition) is 1. The van der Waals surface area contributed by atoms with Crippen LogP contribution in [0.15, 0.2) is 30.3 Å². The van der Waals surface area contributed by atoms with E-state index in [-0.39, 0.29) is 0 Å². The topological polar surface area (TPSA) is 59.5 Å². The van der Waals surface area contributed by atoms with Gasteiger partial charge < -0.3 is 19.7 Å². The molecule has 1 N–H and O–H groups in total. The fraction of sp³-hybridized carbons (Fsp3) is 0.444. The third-order valence-electron chi connectivity index (χ3n) is 3.95. The third kappa shape index (κ3) is 4.14. The monoisotopic (exact) mass is 328 g/mol. The summed E-state index contributed by atoms with van der Waals surface area (Å²) < 4.78 is 10.6. The lowest BCUT2D eigenvalue weighted by atomic mass is 10.2. The molecule has 3 rings (SSSR count). The molecule has 6 heteroatoms. The molecule has 0 saturated carbocycles. The highest BCUT2D eigenvalue weighted by Crippen LogP contribution is 2.21. The first-order valence-corrected chi connectivity index (χ1v) is 8.40. The number of aromatic nitrogens is 2. The van der Waals surface area contributed by atoms with Crippen LogP contribution >= 0.6 is 0 Å². The van der Waals surface area contributed by atoms with Gasteiger partial charge in [-0.25, -0.2) is 4.98 Å². The molecule has 1 saturated heterocycles. The van der Waals surface area contributed by atoms with Crippen molar-refractivity contribution in [1.29, 1.82) is 0 Å². The molecule has 1 aromatic carbocycles. The second-order valence-corrected chi connectivity index (χ2v) is 5.74. The standard InChI is InChI=1S/C18H24N4O2/c1-3-4-15-13-17(22-9-11-24-12-10-22)21-18(20-15)19-14-5-7-16(23-2)8-6-14/h5-8,13H,3-4,9-12H2,1-2H3,(H,19,20,21). The molecule has 0 atom stereocenters. The fourth-order valence-electron chi connectivity index (χ4n) is 2.68. The van der Waals surface area contributed by atoms with Crippen LogP contribution in [0, 0.1) is 0 Å². The maximum atomic E-state index is 5.43. The van der Waals surface area contributed by atoms with Gasteiger partial charge in [-0.3, -0.25) is 0 Å². The first-order valence-electron chi connectivity index (χ1n) is 8.40. The Labute approximate surface area is 142 Å². The molecule has 1 aromatic heterocycles. The van der Waals surface area contributed by atoms with Crippen molar-refractivity contribution in [2.24, 2.45) is 0 Å². The number of nitrogens with zero attached hydrogens (tertiary/aromatic N) is 3. The first-order chi connectivity index (χ1) is 11.8. The SMILES string of the molecule is CCCc1cc(N2CCOCC2)nc(Nc2ccc(OC)cc2)n1. The number of rotatable bonds is 6. The number of anilines is 3. The van der Waals surface area contributed by atoms with E-state index in [1.54, 1.807) is 7.11 Å². The minimum absolute atomic E-state index is 0.632. The van der Waals surface area contributed by atoms with Crippen molar-refractivity contribution in [2.75, 3.05) is 43.6 Å². The molecular weight excluding hydrogens is 304 g/mol. The summed E-state index contributed by atoms with van der Waals surface area (Å²) >= 11 is 0. The Bertz CT molecular complexity index is 655. The highest BCUT2D eigenvalue weighted by atomic mass is 16.5. The zero-order valence-electron chi connectivity index (χ0n) is 14.3. The van der Waals surface area contributed by atoms with Gasteiger partial charge in [0, 0.05) is 30.5 Å². The van der Waals surface area contributed by atoms with Gasteiger partial charge in [-0.05, 0) is 30.7 Å². The molecule has 0 aliphatic carbocycles. The number of morpholine rings is 1. The van der Waals surface area contributed by atoms with Gasteiger partial charge in [0.2, 0.25) is 5.95 Å². The van der Waals surface area contributed by atoms with Gasteiger partial charge >= 0.3 is 0 Å². The van der Waals surface area contributed by atoms with Gasteiger partial charge in [-0.15, -0.1) is 0 Å². The number of benzene rings is 1. The molecule has 0 radical (unpaired) electrons. The van der Waals surface area contributed by atoms with Crippen LogP contribution in [0.5, 0.6) is 5.75 Å². The van der Waals surface area contributed by atoms with Gasteiger partial charge in [0.15, 0.2) is 0 Å². The number of hydrogen-bond acceptors (Lipinski definition) is 6. The molecule has 1 fully saturated rings. The largest absolute Gasteiger partial charge is 0.497 e. The van der Waals surface area contributed by atoms with Crippen LogP contribution in [0.25, 0.3) is 0 Å². The van der Waals surface area contributed by atoms with E-state index >= 15 is 0 Å². The summed E-state index contributed by atoms with van der Waals surface area (Å²) in [5, 5.41) is 3.30. The van der Waals surface area contributed by atoms with E-state index in [4.69, 9.17) is 14.5 Å². The van der Waals surface area contributed by atoms with Gasteiger partial charge in [0.25, 0.3) is 0 Å². The Morgan fingerprint density at radius 3 is 2.58 bits per heavy atom. The van der Waals surface area contributed by atoms with Crippen molar-refractivity contribution in [1.82, 2.24) is 9.97 Å². The van der Waals surface area contributed by atoms with Crippen LogP contribution in [0.1, 0.15) is 19.0 Å². The number of nitrogens with one attached hydrogen (secondary N) is 1. The summed E-state index contributed by atoms with van der Waals surface area (Å²) in [6, 6.07) is 9.85. The van der Waals surface area contributed by atoms with Crippen molar-refractivity contribution < 1.29 is 9.47 Å². The van der Waals surface area contributed by atoms with E-state index < -0.39 is 0 Å². The highest BCUT2D eigenvalue weighted by molar-refractivity contribution is 5.57. The van der Waals surface area contributed by atoms with Gasteiger partial charge in [-0.1, -0.05) is 13.3 Å². The van der Waals surface area contributed by atoms with E-state index in [0.29, 0.717) is 5.95 Å². The average Bonchev–Trinajstić information content (AvgIpc) is 2.63. The van der Waals surface area contributed by atoms with Gasteiger partial charge in [-0.2, -0.15) is 4.98 Å². The minimum Gasteiger partial charge on any atom is -0.497 e. The Morgan fingerprint density at radius 1 is 1.17 bits per heavy atom. The molecule has 128 valence electrons. The van der Waals surface area contributed by atoms with E-state index in [0.717, 1.165) is 62.1 Å². The van der Waals surface area contributed by atoms with E-state index in [1.807, 2.05) is 24.3 Å². The fourth-order valence-corrected chi connectivity index (χ4v) is 2.68. The van der Waals surface area contributed by atoms with Crippen molar-refractivity contribution in [3.63, 3.8) is 0 Å². The van der Waals surface area contributed by atoms with E-state index in [1.165, 1.54) is 0 Å². The molecule has 0 amide bonds. The van der Waals surface area contributed by atoms with Crippen molar-refractivity contribution in [3.05, 3.63) is 36.0 Å². The van der Waals surface area contributed by atoms with Crippen LogP contribution in [0.3, 0.4) is 0 Å². The molecule has 0 spiro atoms. The van der Waals surface area contributed by atoms with E-state index in [2.05, 4.69) is 28.2 Å². The summed E-state index contributed by atoms with van der Waals surface area (Å²) in [5.74, 6) is 2.43. The lowest BCUT2D eigenvalue weighted by molar-refractivity contribution is 0.122. The van der Waals surface area contributed by atoms with Crippen LogP contribution in [-0.2, 0) is 11.2 Å². The van der Waals surface area contributed by atoms with Crippen LogP contribution in [0.4, 0.5) is 17.5 Å². The number of methoxy groups -OCH3 is 1. The summed E-state index contributed by atoms with van der Waals surface area (Å²) in [4.78, 5) is 11.6. The third-order valence-corrected chi connectivity index (χ3v) is 3.95. The normalized spacial score (nSPS) is 14.5. The molecule has 0 unspecified atom stereocenters. The van der Waals surface area contributed by atoms with Gasteiger partial charge in [0.05, 0.1) is 20.3 Å². The summed E-state index contributed by atoms with van der Waals surface area (Å²) in [6.07, 6.45) is 2.00. The Hall–Kier alpha value is -2.34. The Balaban J connectivity index is 1.83. The Morgan fingerprint density at radius 2 is 1.92 bits per heavy atom. The number of ether oxygens (including phenoxy) is 2. The quantitative estimate of drug-likeness (QED) is 0.879. The highest BCUT2D eigenvalue weighted by Gasteiger charge is 2.15. The molecule has 2 heterocycles. The van der Waals surface area contributed by atoms with Crippen molar-refractivity contribution in [3.8, 4) is 5.75 Å². The van der Waals surface area contributed by atoms with Crippen molar-refractivity contribution in [2.45, 2.75) is 19.8 Å². The predicted molar refractivity (Wildman–Crippen MR) is 95.3 cm³/mol. The molecule has 1 aliphatic heterocycles. The lowest BCUT2D eigenvalue weighted by Crippen LogP contribution is -2.37. The van der Waals surface area contributed by atoms with E-state index in [9.17, 15) is 0 Å². The summed E-state index contributed by atoms with van der Waals surface area (Å²) in [7, 11) is 1.66. The van der Waals surface area contributed by atoms with Crippen LogP contribution < -0.4 is 15.0 Å². The lowest BCUT2D eigenvalue weighted by Gasteiger charge is -2.28. The summed E-state index contributed by atoms with van der Waals surface area (Å²) in [5.41, 5.74) is 2.00. The average molecular weight is 328 g/mol. The summed E-state index contributed by atoms with van der Waals surface area (Å²) in [6.45, 7) is 5.38. The molecule has 0 bridgehead atoms. The smallest absolute Gasteiger partial charge is 0.229 e. The molecule has 6 nitrogen and oxygen atoms in total. The first kappa shape index (κ1) is 16.5. The zero-order chi connectivity index (χ0) is 16.8. The number of aryl methyl sites for hydroxylation is 1. The van der Waals surface area contributed by atoms with Crippen LogP contribution in [-0.4, -0.2) is 43.4 Å². The predicted octanol–water partition coefficient (Wildman–Crippen LogP) is 3.02. The second kappa shape index (κ2) is 7.97. The maximum absolute atomic E-state index is 5.43. The van der Waals surface area contributed by atoms with Crippen LogP contribution in [0.2, 0.25) is 0 Å². The molecule has 1 aliphatic rings.